The van der Waals surface area contributed by atoms with Crippen LogP contribution < -0.4 is 0 Å². The first-order chi connectivity index (χ1) is 9.50. The van der Waals surface area contributed by atoms with Crippen LogP contribution in [0.3, 0.4) is 0 Å². The Morgan fingerprint density at radius 1 is 1.45 bits per heavy atom. The maximum Gasteiger partial charge on any atom is 0.320 e. The molecule has 1 aliphatic heterocycles. The van der Waals surface area contributed by atoms with Crippen molar-refractivity contribution in [3.63, 3.8) is 0 Å². The van der Waals surface area contributed by atoms with Crippen molar-refractivity contribution < 1.29 is 19.4 Å². The van der Waals surface area contributed by atoms with Crippen LogP contribution in [0.4, 0.5) is 4.79 Å². The molecule has 0 saturated carbocycles. The Morgan fingerprint density at radius 3 is 2.80 bits per heavy atom. The molecule has 0 spiro atoms. The van der Waals surface area contributed by atoms with E-state index in [-0.39, 0.29) is 19.2 Å². The van der Waals surface area contributed by atoms with Gasteiger partial charge in [0.15, 0.2) is 0 Å². The Kier molecular flexibility index (Phi) is 4.61. The summed E-state index contributed by atoms with van der Waals surface area (Å²) in [5, 5.41) is 11.1. The van der Waals surface area contributed by atoms with E-state index in [9.17, 15) is 9.59 Å². The summed E-state index contributed by atoms with van der Waals surface area (Å²) in [6.07, 6.45) is 0. The Labute approximate surface area is 121 Å². The summed E-state index contributed by atoms with van der Waals surface area (Å²) in [5.41, 5.74) is 0. The quantitative estimate of drug-likeness (QED) is 0.910. The number of carboxylic acids is 1. The van der Waals surface area contributed by atoms with Crippen LogP contribution in [-0.2, 0) is 16.1 Å². The van der Waals surface area contributed by atoms with Gasteiger partial charge >= 0.3 is 12.0 Å². The number of likely N-dealkylation sites (N-methyl/N-ethyl adjacent to an activating group) is 1. The molecule has 1 aliphatic rings. The number of amides is 2. The fourth-order valence-corrected chi connectivity index (χ4v) is 3.03. The molecule has 2 heterocycles. The van der Waals surface area contributed by atoms with Gasteiger partial charge in [-0.15, -0.1) is 11.3 Å². The standard InChI is InChI=1S/C13H18N2O4S/c1-14(6-9-4-3-5-20-9)13(18)15(2)11-8-19-7-10(11)12(16)17/h3-5,10-11H,6-8H2,1-2H3,(H,16,17). The van der Waals surface area contributed by atoms with Gasteiger partial charge in [0.05, 0.1) is 25.8 Å². The highest BCUT2D eigenvalue weighted by atomic mass is 32.1. The third-order valence-electron chi connectivity index (χ3n) is 3.47. The van der Waals surface area contributed by atoms with E-state index in [1.165, 1.54) is 4.90 Å². The van der Waals surface area contributed by atoms with Crippen molar-refractivity contribution in [2.24, 2.45) is 5.92 Å². The minimum absolute atomic E-state index is 0.159. The fraction of sp³-hybridized carbons (Fsp3) is 0.538. The molecule has 2 unspecified atom stereocenters. The minimum Gasteiger partial charge on any atom is -0.481 e. The van der Waals surface area contributed by atoms with E-state index in [0.29, 0.717) is 6.54 Å². The number of carbonyl (C=O) groups is 2. The third-order valence-corrected chi connectivity index (χ3v) is 4.33. The lowest BCUT2D eigenvalue weighted by Gasteiger charge is -2.30. The fourth-order valence-electron chi connectivity index (χ4n) is 2.28. The lowest BCUT2D eigenvalue weighted by Crippen LogP contribution is -2.48. The van der Waals surface area contributed by atoms with Gasteiger partial charge in [0.2, 0.25) is 0 Å². The van der Waals surface area contributed by atoms with Crippen molar-refractivity contribution in [1.29, 1.82) is 0 Å². The molecule has 1 fully saturated rings. The van der Waals surface area contributed by atoms with Crippen LogP contribution in [0.1, 0.15) is 4.88 Å². The number of ether oxygens (including phenoxy) is 1. The van der Waals surface area contributed by atoms with Crippen LogP contribution in [-0.4, -0.2) is 60.3 Å². The number of carbonyl (C=O) groups excluding carboxylic acids is 1. The predicted molar refractivity (Wildman–Crippen MR) is 74.7 cm³/mol. The van der Waals surface area contributed by atoms with Crippen molar-refractivity contribution in [2.75, 3.05) is 27.3 Å². The third kappa shape index (κ3) is 3.10. The van der Waals surface area contributed by atoms with Gasteiger partial charge in [-0.3, -0.25) is 4.79 Å². The molecule has 0 aliphatic carbocycles. The molecule has 1 N–H and O–H groups in total. The number of nitrogens with zero attached hydrogens (tertiary/aromatic N) is 2. The molecule has 1 aromatic rings. The molecule has 110 valence electrons. The summed E-state index contributed by atoms with van der Waals surface area (Å²) in [5.74, 6) is -1.58. The maximum atomic E-state index is 12.3. The molecule has 1 saturated heterocycles. The second-order valence-electron chi connectivity index (χ2n) is 4.88. The summed E-state index contributed by atoms with van der Waals surface area (Å²) in [7, 11) is 3.34. The highest BCUT2D eigenvalue weighted by Gasteiger charge is 2.39. The summed E-state index contributed by atoms with van der Waals surface area (Å²) in [4.78, 5) is 27.6. The van der Waals surface area contributed by atoms with Crippen LogP contribution in [0.25, 0.3) is 0 Å². The lowest BCUT2D eigenvalue weighted by molar-refractivity contribution is -0.142. The average molecular weight is 298 g/mol. The van der Waals surface area contributed by atoms with Gasteiger partial charge < -0.3 is 19.6 Å². The molecule has 0 aromatic carbocycles. The van der Waals surface area contributed by atoms with Crippen molar-refractivity contribution >= 4 is 23.3 Å². The van der Waals surface area contributed by atoms with Crippen LogP contribution in [0.2, 0.25) is 0 Å². The minimum atomic E-state index is -0.923. The summed E-state index contributed by atoms with van der Waals surface area (Å²) in [6, 6.07) is 3.30. The van der Waals surface area contributed by atoms with Crippen LogP contribution in [0, 0.1) is 5.92 Å². The Hall–Kier alpha value is -1.60. The van der Waals surface area contributed by atoms with Gasteiger partial charge in [0.1, 0.15) is 5.92 Å². The zero-order valence-corrected chi connectivity index (χ0v) is 12.3. The topological polar surface area (TPSA) is 70.1 Å². The van der Waals surface area contributed by atoms with E-state index in [0.717, 1.165) is 4.88 Å². The molecule has 0 bridgehead atoms. The first-order valence-corrected chi connectivity index (χ1v) is 7.19. The van der Waals surface area contributed by atoms with Gasteiger partial charge in [0.25, 0.3) is 0 Å². The normalized spacial score (nSPS) is 21.7. The van der Waals surface area contributed by atoms with Gasteiger partial charge in [0, 0.05) is 19.0 Å². The Morgan fingerprint density at radius 2 is 2.20 bits per heavy atom. The van der Waals surface area contributed by atoms with Crippen molar-refractivity contribution in [3.05, 3.63) is 22.4 Å². The number of urea groups is 1. The first kappa shape index (κ1) is 14.8. The number of hydrogen-bond acceptors (Lipinski definition) is 4. The molecule has 20 heavy (non-hydrogen) atoms. The summed E-state index contributed by atoms with van der Waals surface area (Å²) in [6.45, 7) is 0.949. The SMILES string of the molecule is CN(Cc1cccs1)C(=O)N(C)C1COCC1C(=O)O. The smallest absolute Gasteiger partial charge is 0.320 e. The first-order valence-electron chi connectivity index (χ1n) is 6.31. The predicted octanol–water partition coefficient (Wildman–Crippen LogP) is 1.33. The molecule has 2 rings (SSSR count). The zero-order valence-electron chi connectivity index (χ0n) is 11.5. The van der Waals surface area contributed by atoms with E-state index in [1.807, 2.05) is 17.5 Å². The van der Waals surface area contributed by atoms with Gasteiger partial charge in [-0.1, -0.05) is 6.07 Å². The van der Waals surface area contributed by atoms with Crippen molar-refractivity contribution in [2.45, 2.75) is 12.6 Å². The molecule has 0 radical (unpaired) electrons. The lowest BCUT2D eigenvalue weighted by atomic mass is 10.0. The monoisotopic (exact) mass is 298 g/mol. The van der Waals surface area contributed by atoms with Gasteiger partial charge in [-0.25, -0.2) is 4.79 Å². The highest BCUT2D eigenvalue weighted by Crippen LogP contribution is 2.20. The van der Waals surface area contributed by atoms with Gasteiger partial charge in [-0.2, -0.15) is 0 Å². The molecule has 7 heteroatoms. The number of carboxylic acid groups (broad SMARTS) is 1. The number of hydrogen-bond donors (Lipinski definition) is 1. The van der Waals surface area contributed by atoms with Crippen LogP contribution >= 0.6 is 11.3 Å². The van der Waals surface area contributed by atoms with Gasteiger partial charge in [-0.05, 0) is 11.4 Å². The summed E-state index contributed by atoms with van der Waals surface area (Å²) >= 11 is 1.59. The average Bonchev–Trinajstić information content (AvgIpc) is 3.07. The number of thiophene rings is 1. The maximum absolute atomic E-state index is 12.3. The molecular formula is C13H18N2O4S. The molecular weight excluding hydrogens is 280 g/mol. The Bertz CT molecular complexity index is 477. The van der Waals surface area contributed by atoms with E-state index >= 15 is 0 Å². The largest absolute Gasteiger partial charge is 0.481 e. The summed E-state index contributed by atoms with van der Waals surface area (Å²) < 4.78 is 5.20. The van der Waals surface area contributed by atoms with Crippen molar-refractivity contribution in [3.8, 4) is 0 Å². The molecule has 2 amide bonds. The molecule has 2 atom stereocenters. The molecule has 1 aromatic heterocycles. The van der Waals surface area contributed by atoms with E-state index in [1.54, 1.807) is 30.3 Å². The zero-order chi connectivity index (χ0) is 14.7. The second kappa shape index (κ2) is 6.23. The van der Waals surface area contributed by atoms with Crippen LogP contribution in [0.5, 0.6) is 0 Å². The van der Waals surface area contributed by atoms with Crippen molar-refractivity contribution in [1.82, 2.24) is 9.80 Å². The number of rotatable bonds is 4. The van der Waals surface area contributed by atoms with E-state index in [4.69, 9.17) is 9.84 Å². The molecule has 6 nitrogen and oxygen atoms in total. The Balaban J connectivity index is 1.99. The van der Waals surface area contributed by atoms with E-state index in [2.05, 4.69) is 0 Å². The second-order valence-corrected chi connectivity index (χ2v) is 5.91. The highest BCUT2D eigenvalue weighted by molar-refractivity contribution is 7.09. The van der Waals surface area contributed by atoms with E-state index < -0.39 is 17.9 Å². The number of aliphatic carboxylic acids is 1. The van der Waals surface area contributed by atoms with Crippen LogP contribution in [0.15, 0.2) is 17.5 Å².